The third-order valence-corrected chi connectivity index (χ3v) is 5.86. The molecule has 1 N–H and O–H groups in total. The van der Waals surface area contributed by atoms with Crippen LogP contribution in [0.3, 0.4) is 0 Å². The third-order valence-electron chi connectivity index (χ3n) is 5.39. The molecule has 6 nitrogen and oxygen atoms in total. The molecule has 0 amide bonds. The number of ether oxygens (including phenoxy) is 2. The molecule has 0 spiro atoms. The van der Waals surface area contributed by atoms with Gasteiger partial charge in [-0.15, -0.1) is 0 Å². The molecule has 33 heavy (non-hydrogen) atoms. The number of rotatable bonds is 12. The Hall–Kier alpha value is -2.54. The SMILES string of the molecule is C[C@H](CC(=O)O)CC(=O)c1c(CCOCCOc2cccc(Cl)c2)n(C)c2ccc(Cl)cc12. The van der Waals surface area contributed by atoms with Crippen LogP contribution in [0.2, 0.25) is 10.0 Å². The van der Waals surface area contributed by atoms with Gasteiger partial charge < -0.3 is 19.1 Å². The van der Waals surface area contributed by atoms with Crippen molar-refractivity contribution in [3.8, 4) is 5.75 Å². The van der Waals surface area contributed by atoms with Crippen molar-refractivity contribution in [2.45, 2.75) is 26.2 Å². The summed E-state index contributed by atoms with van der Waals surface area (Å²) in [6, 6.07) is 12.6. The lowest BCUT2D eigenvalue weighted by Gasteiger charge is -2.11. The largest absolute Gasteiger partial charge is 0.491 e. The van der Waals surface area contributed by atoms with E-state index >= 15 is 0 Å². The molecular weight excluding hydrogens is 465 g/mol. The first-order valence-electron chi connectivity index (χ1n) is 10.7. The van der Waals surface area contributed by atoms with Gasteiger partial charge in [-0.25, -0.2) is 0 Å². The standard InChI is InChI=1S/C25H27Cl2NO5/c1-16(13-24(30)31)12-23(29)25-20-15-18(27)6-7-21(20)28(2)22(25)8-9-32-10-11-33-19-5-3-4-17(26)14-19/h3-7,14-16H,8-13H2,1-2H3,(H,30,31)/t16-/m0/s1. The van der Waals surface area contributed by atoms with Crippen molar-refractivity contribution < 1.29 is 24.2 Å². The minimum Gasteiger partial charge on any atom is -0.491 e. The number of carbonyl (C=O) groups is 2. The van der Waals surface area contributed by atoms with Crippen molar-refractivity contribution >= 4 is 45.9 Å². The Morgan fingerprint density at radius 3 is 2.52 bits per heavy atom. The quantitative estimate of drug-likeness (QED) is 0.255. The summed E-state index contributed by atoms with van der Waals surface area (Å²) in [6.07, 6.45) is 0.621. The zero-order valence-corrected chi connectivity index (χ0v) is 20.2. The maximum absolute atomic E-state index is 13.2. The lowest BCUT2D eigenvalue weighted by Crippen LogP contribution is -2.14. The van der Waals surface area contributed by atoms with Crippen LogP contribution in [0.15, 0.2) is 42.5 Å². The Morgan fingerprint density at radius 1 is 1.03 bits per heavy atom. The summed E-state index contributed by atoms with van der Waals surface area (Å²) >= 11 is 12.2. The lowest BCUT2D eigenvalue weighted by atomic mass is 9.95. The molecule has 0 aliphatic heterocycles. The number of hydrogen-bond donors (Lipinski definition) is 1. The first kappa shape index (κ1) is 25.1. The van der Waals surface area contributed by atoms with Gasteiger partial charge in [0.25, 0.3) is 0 Å². The van der Waals surface area contributed by atoms with Gasteiger partial charge in [-0.3, -0.25) is 9.59 Å². The number of Topliss-reactive ketones (excluding diaryl/α,β-unsaturated/α-hetero) is 1. The number of aromatic nitrogens is 1. The van der Waals surface area contributed by atoms with E-state index in [1.54, 1.807) is 31.2 Å². The molecule has 0 unspecified atom stereocenters. The molecule has 176 valence electrons. The molecule has 0 aliphatic carbocycles. The molecule has 1 aromatic heterocycles. The average Bonchev–Trinajstić information content (AvgIpc) is 3.01. The van der Waals surface area contributed by atoms with Crippen molar-refractivity contribution in [2.24, 2.45) is 13.0 Å². The van der Waals surface area contributed by atoms with E-state index in [2.05, 4.69) is 0 Å². The highest BCUT2D eigenvalue weighted by atomic mass is 35.5. The number of hydrogen-bond acceptors (Lipinski definition) is 4. The van der Waals surface area contributed by atoms with Crippen LogP contribution in [0.25, 0.3) is 10.9 Å². The smallest absolute Gasteiger partial charge is 0.303 e. The Bertz CT molecular complexity index is 1140. The van der Waals surface area contributed by atoms with E-state index in [9.17, 15) is 9.59 Å². The van der Waals surface area contributed by atoms with Crippen LogP contribution in [-0.2, 0) is 23.0 Å². The van der Waals surface area contributed by atoms with Gasteiger partial charge in [0, 0.05) is 58.5 Å². The average molecular weight is 492 g/mol. The number of carboxylic acids is 1. The van der Waals surface area contributed by atoms with E-state index in [-0.39, 0.29) is 24.5 Å². The van der Waals surface area contributed by atoms with E-state index in [1.807, 2.05) is 29.8 Å². The van der Waals surface area contributed by atoms with Gasteiger partial charge in [0.15, 0.2) is 5.78 Å². The van der Waals surface area contributed by atoms with Crippen LogP contribution in [0.5, 0.6) is 5.75 Å². The summed E-state index contributed by atoms with van der Waals surface area (Å²) in [5, 5.41) is 11.0. The maximum atomic E-state index is 13.2. The summed E-state index contributed by atoms with van der Waals surface area (Å²) in [4.78, 5) is 24.2. The number of carbonyl (C=O) groups excluding carboxylic acids is 1. The minimum atomic E-state index is -0.912. The van der Waals surface area contributed by atoms with Crippen LogP contribution in [0.1, 0.15) is 35.8 Å². The van der Waals surface area contributed by atoms with E-state index in [0.717, 1.165) is 16.6 Å². The molecule has 0 aliphatic rings. The number of aryl methyl sites for hydroxylation is 1. The van der Waals surface area contributed by atoms with Gasteiger partial charge in [-0.2, -0.15) is 0 Å². The van der Waals surface area contributed by atoms with Crippen LogP contribution < -0.4 is 4.74 Å². The molecule has 1 atom stereocenters. The fourth-order valence-electron chi connectivity index (χ4n) is 3.91. The Balaban J connectivity index is 1.68. The first-order chi connectivity index (χ1) is 15.8. The Kier molecular flexibility index (Phi) is 8.78. The van der Waals surface area contributed by atoms with Crippen LogP contribution in [-0.4, -0.2) is 41.2 Å². The topological polar surface area (TPSA) is 77.8 Å². The Morgan fingerprint density at radius 2 is 1.79 bits per heavy atom. The zero-order chi connectivity index (χ0) is 24.0. The minimum absolute atomic E-state index is 0.0532. The van der Waals surface area contributed by atoms with Crippen molar-refractivity contribution in [1.29, 1.82) is 0 Å². The second-order valence-electron chi connectivity index (χ2n) is 8.04. The van der Waals surface area contributed by atoms with Crippen molar-refractivity contribution in [3.05, 3.63) is 63.8 Å². The molecule has 1 heterocycles. The zero-order valence-electron chi connectivity index (χ0n) is 18.6. The molecule has 0 saturated carbocycles. The lowest BCUT2D eigenvalue weighted by molar-refractivity contribution is -0.137. The molecule has 2 aromatic carbocycles. The summed E-state index contributed by atoms with van der Waals surface area (Å²) in [5.41, 5.74) is 2.33. The maximum Gasteiger partial charge on any atom is 0.303 e. The Labute approximate surface area is 203 Å². The van der Waals surface area contributed by atoms with Crippen LogP contribution in [0.4, 0.5) is 0 Å². The van der Waals surface area contributed by atoms with E-state index in [1.165, 1.54) is 0 Å². The summed E-state index contributed by atoms with van der Waals surface area (Å²) < 4.78 is 13.4. The number of carboxylic acid groups (broad SMARTS) is 1. The van der Waals surface area contributed by atoms with Crippen LogP contribution >= 0.6 is 23.2 Å². The number of nitrogens with zero attached hydrogens (tertiary/aromatic N) is 1. The predicted octanol–water partition coefficient (Wildman–Crippen LogP) is 5.81. The fourth-order valence-corrected chi connectivity index (χ4v) is 4.26. The van der Waals surface area contributed by atoms with Crippen molar-refractivity contribution in [3.63, 3.8) is 0 Å². The van der Waals surface area contributed by atoms with Gasteiger partial charge in [-0.05, 0) is 42.3 Å². The second-order valence-corrected chi connectivity index (χ2v) is 8.91. The predicted molar refractivity (Wildman–Crippen MR) is 130 cm³/mol. The highest BCUT2D eigenvalue weighted by molar-refractivity contribution is 6.31. The monoisotopic (exact) mass is 491 g/mol. The van der Waals surface area contributed by atoms with Gasteiger partial charge in [0.05, 0.1) is 13.2 Å². The summed E-state index contributed by atoms with van der Waals surface area (Å²) in [5.74, 6) is -0.585. The molecule has 0 bridgehead atoms. The van der Waals surface area contributed by atoms with Gasteiger partial charge in [0.2, 0.25) is 0 Å². The van der Waals surface area contributed by atoms with Gasteiger partial charge in [0.1, 0.15) is 12.4 Å². The molecule has 0 radical (unpaired) electrons. The first-order valence-corrected chi connectivity index (χ1v) is 11.5. The molecular formula is C25H27Cl2NO5. The highest BCUT2D eigenvalue weighted by Crippen LogP contribution is 2.30. The number of ketones is 1. The van der Waals surface area contributed by atoms with E-state index < -0.39 is 5.97 Å². The summed E-state index contributed by atoms with van der Waals surface area (Å²) in [7, 11) is 1.91. The van der Waals surface area contributed by atoms with E-state index in [0.29, 0.717) is 47.6 Å². The molecule has 3 aromatic rings. The van der Waals surface area contributed by atoms with Crippen LogP contribution in [0, 0.1) is 5.92 Å². The number of benzene rings is 2. The molecule has 3 rings (SSSR count). The number of fused-ring (bicyclic) bond motifs is 1. The highest BCUT2D eigenvalue weighted by Gasteiger charge is 2.23. The summed E-state index contributed by atoms with van der Waals surface area (Å²) in [6.45, 7) is 2.94. The second kappa shape index (κ2) is 11.5. The molecule has 0 saturated heterocycles. The van der Waals surface area contributed by atoms with Crippen molar-refractivity contribution in [1.82, 2.24) is 4.57 Å². The third kappa shape index (κ3) is 6.73. The molecule has 0 fully saturated rings. The van der Waals surface area contributed by atoms with E-state index in [4.69, 9.17) is 37.8 Å². The normalized spacial score (nSPS) is 12.1. The number of halogens is 2. The van der Waals surface area contributed by atoms with Gasteiger partial charge in [-0.1, -0.05) is 36.2 Å². The van der Waals surface area contributed by atoms with Gasteiger partial charge >= 0.3 is 5.97 Å². The van der Waals surface area contributed by atoms with Crippen molar-refractivity contribution in [2.75, 3.05) is 19.8 Å². The fraction of sp³-hybridized carbons (Fsp3) is 0.360. The molecule has 8 heteroatoms. The number of aliphatic carboxylic acids is 1.